The molecule has 0 N–H and O–H groups in total. The second-order valence-electron chi connectivity index (χ2n) is 3.04. The van der Waals surface area contributed by atoms with Gasteiger partial charge in [-0.05, 0) is 38.1 Å². The zero-order chi connectivity index (χ0) is 8.10. The largest absolute Gasteiger partial charge is 0.237 e. The summed E-state index contributed by atoms with van der Waals surface area (Å²) >= 11 is 11.5. The highest BCUT2D eigenvalue weighted by Crippen LogP contribution is 2.23. The van der Waals surface area contributed by atoms with Crippen LogP contribution in [0.25, 0.3) is 0 Å². The van der Waals surface area contributed by atoms with E-state index in [2.05, 4.69) is 6.08 Å². The second-order valence-corrected chi connectivity index (χ2v) is 8.23. The van der Waals surface area contributed by atoms with Crippen LogP contribution in [-0.4, -0.2) is 7.42 Å². The lowest BCUT2D eigenvalue weighted by Gasteiger charge is -2.11. The van der Waals surface area contributed by atoms with E-state index in [0.717, 1.165) is 12.5 Å². The van der Waals surface area contributed by atoms with Crippen molar-refractivity contribution in [3.05, 3.63) is 11.6 Å². The number of allylic oxidation sites excluding steroid dienone is 2. The predicted octanol–water partition coefficient (Wildman–Crippen LogP) is 3.58. The van der Waals surface area contributed by atoms with E-state index in [1.807, 2.05) is 0 Å². The summed E-state index contributed by atoms with van der Waals surface area (Å²) in [6.45, 7) is 0. The van der Waals surface area contributed by atoms with Gasteiger partial charge in [0.25, 0.3) is 0 Å². The van der Waals surface area contributed by atoms with E-state index in [-0.39, 0.29) is 0 Å². The molecule has 0 fully saturated rings. The third-order valence-corrected chi connectivity index (χ3v) is 4.10. The van der Waals surface area contributed by atoms with E-state index >= 15 is 0 Å². The standard InChI is InChI=1S/C8H14Cl2Si/c9-11(10)7-6-8-4-2-1-3-5-8/h4,11H,1-3,5-7H2. The fraction of sp³-hybridized carbons (Fsp3) is 0.750. The van der Waals surface area contributed by atoms with E-state index in [9.17, 15) is 0 Å². The van der Waals surface area contributed by atoms with Gasteiger partial charge in [0.05, 0.1) is 0 Å². The first-order chi connectivity index (χ1) is 5.29. The molecule has 11 heavy (non-hydrogen) atoms. The molecule has 0 aromatic heterocycles. The summed E-state index contributed by atoms with van der Waals surface area (Å²) in [7, 11) is -1.34. The number of hydrogen-bond donors (Lipinski definition) is 0. The lowest BCUT2D eigenvalue weighted by atomic mass is 9.98. The Morgan fingerprint density at radius 3 is 2.73 bits per heavy atom. The Morgan fingerprint density at radius 2 is 2.18 bits per heavy atom. The predicted molar refractivity (Wildman–Crippen MR) is 54.8 cm³/mol. The van der Waals surface area contributed by atoms with E-state index in [1.165, 1.54) is 25.7 Å². The molecule has 1 rings (SSSR count). The van der Waals surface area contributed by atoms with Crippen LogP contribution in [0.1, 0.15) is 32.1 Å². The molecule has 1 aliphatic carbocycles. The minimum Gasteiger partial charge on any atom is -0.150 e. The SMILES string of the molecule is Cl[SiH](Cl)CCC1=CCCCC1. The number of rotatable bonds is 3. The highest BCUT2D eigenvalue weighted by atomic mass is 35.7. The van der Waals surface area contributed by atoms with Crippen molar-refractivity contribution in [1.82, 2.24) is 0 Å². The Kier molecular flexibility index (Phi) is 4.58. The van der Waals surface area contributed by atoms with Gasteiger partial charge in [-0.15, -0.1) is 0 Å². The zero-order valence-electron chi connectivity index (χ0n) is 6.65. The zero-order valence-corrected chi connectivity index (χ0v) is 9.32. The van der Waals surface area contributed by atoms with E-state index < -0.39 is 7.42 Å². The molecule has 1 aliphatic rings. The summed E-state index contributed by atoms with van der Waals surface area (Å²) in [4.78, 5) is 0. The van der Waals surface area contributed by atoms with Gasteiger partial charge in [-0.2, -0.15) is 22.2 Å². The average molecular weight is 209 g/mol. The van der Waals surface area contributed by atoms with Gasteiger partial charge in [0.2, 0.25) is 7.42 Å². The second kappa shape index (κ2) is 5.23. The highest BCUT2D eigenvalue weighted by Gasteiger charge is 2.06. The quantitative estimate of drug-likeness (QED) is 0.378. The first-order valence-electron chi connectivity index (χ1n) is 4.25. The van der Waals surface area contributed by atoms with Gasteiger partial charge < -0.3 is 0 Å². The maximum Gasteiger partial charge on any atom is 0.237 e. The molecule has 0 nitrogen and oxygen atoms in total. The van der Waals surface area contributed by atoms with Crippen molar-refractivity contribution < 1.29 is 0 Å². The van der Waals surface area contributed by atoms with E-state index in [1.54, 1.807) is 5.57 Å². The summed E-state index contributed by atoms with van der Waals surface area (Å²) in [5.41, 5.74) is 1.59. The van der Waals surface area contributed by atoms with Crippen LogP contribution in [0.4, 0.5) is 0 Å². The van der Waals surface area contributed by atoms with Crippen LogP contribution in [0.2, 0.25) is 6.04 Å². The number of halogens is 2. The summed E-state index contributed by atoms with van der Waals surface area (Å²) in [5, 5.41) is 0. The molecular formula is C8H14Cl2Si. The Hall–Kier alpha value is 0.537. The van der Waals surface area contributed by atoms with Crippen molar-refractivity contribution in [3.63, 3.8) is 0 Å². The van der Waals surface area contributed by atoms with E-state index in [4.69, 9.17) is 22.2 Å². The maximum atomic E-state index is 5.77. The smallest absolute Gasteiger partial charge is 0.150 e. The molecule has 64 valence electrons. The Balaban J connectivity index is 2.19. The average Bonchev–Trinajstić information content (AvgIpc) is 2.03. The molecular weight excluding hydrogens is 195 g/mol. The third kappa shape index (κ3) is 4.19. The Labute approximate surface area is 79.6 Å². The first kappa shape index (κ1) is 9.62. The van der Waals surface area contributed by atoms with Crippen molar-refractivity contribution in [2.75, 3.05) is 0 Å². The van der Waals surface area contributed by atoms with Crippen LogP contribution >= 0.6 is 22.2 Å². The molecule has 0 spiro atoms. The summed E-state index contributed by atoms with van der Waals surface area (Å²) in [6.07, 6.45) is 8.81. The molecule has 0 aliphatic heterocycles. The highest BCUT2D eigenvalue weighted by molar-refractivity contribution is 7.33. The van der Waals surface area contributed by atoms with Crippen molar-refractivity contribution in [1.29, 1.82) is 0 Å². The van der Waals surface area contributed by atoms with Gasteiger partial charge in [-0.25, -0.2) is 0 Å². The van der Waals surface area contributed by atoms with Crippen LogP contribution in [0.15, 0.2) is 11.6 Å². The Bertz CT molecular complexity index is 143. The van der Waals surface area contributed by atoms with Crippen LogP contribution in [0.5, 0.6) is 0 Å². The molecule has 0 bridgehead atoms. The molecule has 0 amide bonds. The van der Waals surface area contributed by atoms with Crippen molar-refractivity contribution in [2.45, 2.75) is 38.1 Å². The van der Waals surface area contributed by atoms with Gasteiger partial charge >= 0.3 is 0 Å². The Morgan fingerprint density at radius 1 is 1.36 bits per heavy atom. The molecule has 0 atom stereocenters. The molecule has 3 heteroatoms. The van der Waals surface area contributed by atoms with Crippen LogP contribution in [-0.2, 0) is 0 Å². The number of hydrogen-bond acceptors (Lipinski definition) is 0. The molecule has 0 aromatic rings. The minimum absolute atomic E-state index is 1.05. The summed E-state index contributed by atoms with van der Waals surface area (Å²) < 4.78 is 0. The topological polar surface area (TPSA) is 0 Å². The molecule has 0 aromatic carbocycles. The van der Waals surface area contributed by atoms with Gasteiger partial charge in [-0.1, -0.05) is 11.6 Å². The minimum atomic E-state index is -1.34. The lowest BCUT2D eigenvalue weighted by Crippen LogP contribution is -1.96. The molecule has 0 unspecified atom stereocenters. The van der Waals surface area contributed by atoms with Crippen LogP contribution < -0.4 is 0 Å². The van der Waals surface area contributed by atoms with Crippen molar-refractivity contribution in [2.24, 2.45) is 0 Å². The van der Waals surface area contributed by atoms with Crippen molar-refractivity contribution >= 4 is 29.6 Å². The maximum absolute atomic E-state index is 5.77. The molecule has 0 heterocycles. The fourth-order valence-corrected chi connectivity index (χ4v) is 2.67. The summed E-state index contributed by atoms with van der Waals surface area (Å²) in [6, 6.07) is 1.05. The van der Waals surface area contributed by atoms with Gasteiger partial charge in [-0.3, -0.25) is 0 Å². The fourth-order valence-electron chi connectivity index (χ4n) is 1.43. The summed E-state index contributed by atoms with van der Waals surface area (Å²) in [5.74, 6) is 0. The first-order valence-corrected chi connectivity index (χ1v) is 8.56. The van der Waals surface area contributed by atoms with Gasteiger partial charge in [0, 0.05) is 0 Å². The van der Waals surface area contributed by atoms with Gasteiger partial charge in [0.15, 0.2) is 0 Å². The van der Waals surface area contributed by atoms with Crippen LogP contribution in [0.3, 0.4) is 0 Å². The monoisotopic (exact) mass is 208 g/mol. The molecule has 0 saturated heterocycles. The van der Waals surface area contributed by atoms with Crippen molar-refractivity contribution in [3.8, 4) is 0 Å². The molecule has 0 radical (unpaired) electrons. The normalized spacial score (nSPS) is 18.6. The molecule has 0 saturated carbocycles. The van der Waals surface area contributed by atoms with Gasteiger partial charge in [0.1, 0.15) is 0 Å². The van der Waals surface area contributed by atoms with E-state index in [0.29, 0.717) is 0 Å². The van der Waals surface area contributed by atoms with Crippen LogP contribution in [0, 0.1) is 0 Å². The lowest BCUT2D eigenvalue weighted by molar-refractivity contribution is 0.684. The third-order valence-electron chi connectivity index (χ3n) is 2.07.